The van der Waals surface area contributed by atoms with Gasteiger partial charge in [0.15, 0.2) is 0 Å². The van der Waals surface area contributed by atoms with Gasteiger partial charge in [-0.05, 0) is 30.7 Å². The number of aryl methyl sites for hydroxylation is 1. The third kappa shape index (κ3) is 4.52. The van der Waals surface area contributed by atoms with E-state index in [9.17, 15) is 4.79 Å². The van der Waals surface area contributed by atoms with Gasteiger partial charge in [0.25, 0.3) is 0 Å². The first-order valence-electron chi connectivity index (χ1n) is 6.31. The lowest BCUT2D eigenvalue weighted by Crippen LogP contribution is -2.24. The number of rotatable bonds is 3. The largest absolute Gasteiger partial charge is 0.323 e. The van der Waals surface area contributed by atoms with Crippen molar-refractivity contribution < 1.29 is 4.79 Å². The molecule has 5 heteroatoms. The molecule has 2 amide bonds. The maximum absolute atomic E-state index is 11.8. The molecule has 0 atom stereocenters. The topological polar surface area (TPSA) is 41.1 Å². The van der Waals surface area contributed by atoms with Crippen LogP contribution in [0.3, 0.4) is 0 Å². The van der Waals surface area contributed by atoms with Gasteiger partial charge in [0.05, 0.1) is 15.7 Å². The second kappa shape index (κ2) is 7.16. The number of hydrogen-bond donors (Lipinski definition) is 2. The van der Waals surface area contributed by atoms with Gasteiger partial charge in [0.1, 0.15) is 0 Å². The average Bonchev–Trinajstić information content (AvgIpc) is 2.45. The van der Waals surface area contributed by atoms with Gasteiger partial charge in [0, 0.05) is 6.20 Å². The molecular formula is C16H14Cl2N2O. The van der Waals surface area contributed by atoms with Crippen LogP contribution in [0.25, 0.3) is 6.08 Å². The van der Waals surface area contributed by atoms with Gasteiger partial charge in [-0.25, -0.2) is 4.79 Å². The van der Waals surface area contributed by atoms with Crippen LogP contribution in [0, 0.1) is 6.92 Å². The van der Waals surface area contributed by atoms with Crippen molar-refractivity contribution >= 4 is 41.0 Å². The molecule has 0 aliphatic heterocycles. The van der Waals surface area contributed by atoms with Crippen molar-refractivity contribution in [2.24, 2.45) is 0 Å². The molecule has 0 saturated heterocycles. The third-order valence-electron chi connectivity index (χ3n) is 2.77. The molecule has 2 aromatic carbocycles. The van der Waals surface area contributed by atoms with Crippen LogP contribution in [0.5, 0.6) is 0 Å². The Labute approximate surface area is 133 Å². The van der Waals surface area contributed by atoms with Crippen molar-refractivity contribution in [2.75, 3.05) is 5.32 Å². The van der Waals surface area contributed by atoms with E-state index in [4.69, 9.17) is 23.2 Å². The van der Waals surface area contributed by atoms with Gasteiger partial charge in [-0.15, -0.1) is 0 Å². The normalized spacial score (nSPS) is 10.6. The molecule has 0 spiro atoms. The Balaban J connectivity index is 1.95. The number of urea groups is 1. The minimum Gasteiger partial charge on any atom is -0.314 e. The number of anilines is 1. The minimum absolute atomic E-state index is 0.389. The van der Waals surface area contributed by atoms with Crippen LogP contribution < -0.4 is 10.6 Å². The van der Waals surface area contributed by atoms with Crippen LogP contribution in [0.1, 0.15) is 11.1 Å². The number of benzene rings is 2. The number of halogens is 2. The molecule has 0 heterocycles. The Morgan fingerprint density at radius 2 is 1.67 bits per heavy atom. The quantitative estimate of drug-likeness (QED) is 0.812. The summed E-state index contributed by atoms with van der Waals surface area (Å²) in [7, 11) is 0. The monoisotopic (exact) mass is 320 g/mol. The van der Waals surface area contributed by atoms with Crippen LogP contribution in [0.2, 0.25) is 10.0 Å². The summed E-state index contributed by atoms with van der Waals surface area (Å²) in [6.07, 6.45) is 3.36. The summed E-state index contributed by atoms with van der Waals surface area (Å²) in [5, 5.41) is 5.99. The summed E-state index contributed by atoms with van der Waals surface area (Å²) >= 11 is 11.9. The van der Waals surface area contributed by atoms with Gasteiger partial charge in [-0.1, -0.05) is 59.1 Å². The second-order valence-electron chi connectivity index (χ2n) is 4.44. The first kappa shape index (κ1) is 15.4. The summed E-state index contributed by atoms with van der Waals surface area (Å²) in [6.45, 7) is 2.02. The van der Waals surface area contributed by atoms with E-state index < -0.39 is 6.03 Å². The summed E-state index contributed by atoms with van der Waals surface area (Å²) in [5.74, 6) is 0. The highest BCUT2D eigenvalue weighted by Crippen LogP contribution is 2.29. The Kier molecular flexibility index (Phi) is 5.26. The fourth-order valence-electron chi connectivity index (χ4n) is 1.66. The summed E-state index contributed by atoms with van der Waals surface area (Å²) in [4.78, 5) is 11.8. The lowest BCUT2D eigenvalue weighted by Gasteiger charge is -2.08. The molecule has 0 saturated carbocycles. The number of para-hydroxylation sites is 1. The SMILES string of the molecule is Cc1ccc(/C=C/NC(=O)Nc2c(Cl)cccc2Cl)cc1. The Morgan fingerprint density at radius 3 is 2.29 bits per heavy atom. The highest BCUT2D eigenvalue weighted by atomic mass is 35.5. The van der Waals surface area contributed by atoms with Crippen molar-refractivity contribution in [2.45, 2.75) is 6.92 Å². The average molecular weight is 321 g/mol. The Morgan fingerprint density at radius 1 is 1.05 bits per heavy atom. The molecule has 0 aliphatic carbocycles. The standard InChI is InChI=1S/C16H14Cl2N2O/c1-11-5-7-12(8-6-11)9-10-19-16(21)20-15-13(17)3-2-4-14(15)18/h2-10H,1H3,(H2,19,20,21)/b10-9+. The van der Waals surface area contributed by atoms with Crippen molar-refractivity contribution in [3.8, 4) is 0 Å². The molecule has 2 N–H and O–H groups in total. The number of hydrogen-bond acceptors (Lipinski definition) is 1. The lowest BCUT2D eigenvalue weighted by molar-refractivity contribution is 0.255. The van der Waals surface area contributed by atoms with E-state index in [-0.39, 0.29) is 0 Å². The van der Waals surface area contributed by atoms with Gasteiger partial charge in [-0.2, -0.15) is 0 Å². The molecular weight excluding hydrogens is 307 g/mol. The van der Waals surface area contributed by atoms with Crippen LogP contribution in [0.15, 0.2) is 48.7 Å². The van der Waals surface area contributed by atoms with E-state index in [1.807, 2.05) is 31.2 Å². The van der Waals surface area contributed by atoms with Crippen molar-refractivity contribution in [3.05, 3.63) is 69.8 Å². The van der Waals surface area contributed by atoms with E-state index >= 15 is 0 Å². The zero-order valence-electron chi connectivity index (χ0n) is 11.4. The number of carbonyl (C=O) groups is 1. The molecule has 0 aliphatic rings. The maximum atomic E-state index is 11.8. The first-order chi connectivity index (χ1) is 10.1. The third-order valence-corrected chi connectivity index (χ3v) is 3.40. The first-order valence-corrected chi connectivity index (χ1v) is 7.06. The van der Waals surface area contributed by atoms with E-state index in [2.05, 4.69) is 10.6 Å². The van der Waals surface area contributed by atoms with Crippen LogP contribution >= 0.6 is 23.2 Å². The van der Waals surface area contributed by atoms with Gasteiger partial charge >= 0.3 is 6.03 Å². The maximum Gasteiger partial charge on any atom is 0.323 e. The predicted molar refractivity (Wildman–Crippen MR) is 88.8 cm³/mol. The fourth-order valence-corrected chi connectivity index (χ4v) is 2.15. The molecule has 3 nitrogen and oxygen atoms in total. The van der Waals surface area contributed by atoms with Crippen LogP contribution in [-0.4, -0.2) is 6.03 Å². The highest BCUT2D eigenvalue weighted by Gasteiger charge is 2.07. The smallest absolute Gasteiger partial charge is 0.314 e. The molecule has 2 aromatic rings. The van der Waals surface area contributed by atoms with Gasteiger partial charge < -0.3 is 10.6 Å². The van der Waals surface area contributed by atoms with E-state index in [1.54, 1.807) is 30.5 Å². The molecule has 0 unspecified atom stereocenters. The molecule has 108 valence electrons. The predicted octanol–water partition coefficient (Wildman–Crippen LogP) is 5.09. The lowest BCUT2D eigenvalue weighted by atomic mass is 10.1. The van der Waals surface area contributed by atoms with Crippen molar-refractivity contribution in [1.82, 2.24) is 5.32 Å². The summed E-state index contributed by atoms with van der Waals surface area (Å²) < 4.78 is 0. The highest BCUT2D eigenvalue weighted by molar-refractivity contribution is 6.39. The number of carbonyl (C=O) groups excluding carboxylic acids is 1. The van der Waals surface area contributed by atoms with Crippen molar-refractivity contribution in [1.29, 1.82) is 0 Å². The molecule has 2 rings (SSSR count). The molecule has 0 bridgehead atoms. The Bertz CT molecular complexity index is 646. The van der Waals surface area contributed by atoms with Crippen molar-refractivity contribution in [3.63, 3.8) is 0 Å². The fraction of sp³-hybridized carbons (Fsp3) is 0.0625. The summed E-state index contributed by atoms with van der Waals surface area (Å²) in [5.41, 5.74) is 2.57. The van der Waals surface area contributed by atoms with Crippen LogP contribution in [0.4, 0.5) is 10.5 Å². The van der Waals surface area contributed by atoms with E-state index in [1.165, 1.54) is 5.56 Å². The number of nitrogens with one attached hydrogen (secondary N) is 2. The second-order valence-corrected chi connectivity index (χ2v) is 5.25. The number of amides is 2. The van der Waals surface area contributed by atoms with E-state index in [0.29, 0.717) is 15.7 Å². The molecule has 21 heavy (non-hydrogen) atoms. The van der Waals surface area contributed by atoms with Crippen LogP contribution in [-0.2, 0) is 0 Å². The molecule has 0 aromatic heterocycles. The van der Waals surface area contributed by atoms with E-state index in [0.717, 1.165) is 5.56 Å². The van der Waals surface area contributed by atoms with Gasteiger partial charge in [0.2, 0.25) is 0 Å². The zero-order valence-corrected chi connectivity index (χ0v) is 12.9. The molecule has 0 radical (unpaired) electrons. The van der Waals surface area contributed by atoms with Gasteiger partial charge in [-0.3, -0.25) is 0 Å². The minimum atomic E-state index is -0.409. The zero-order chi connectivity index (χ0) is 15.2. The molecule has 0 fully saturated rings. The summed E-state index contributed by atoms with van der Waals surface area (Å²) in [6, 6.07) is 12.6. The Hall–Kier alpha value is -1.97.